The Morgan fingerprint density at radius 3 is 2.37 bits per heavy atom. The lowest BCUT2D eigenvalue weighted by Gasteiger charge is -2.30. The van der Waals surface area contributed by atoms with Crippen LogP contribution >= 0.6 is 0 Å². The largest absolute Gasteiger partial charge is 0.466 e. The van der Waals surface area contributed by atoms with Gasteiger partial charge in [-0.1, -0.05) is 19.1 Å². The number of methoxy groups -OCH3 is 1. The third kappa shape index (κ3) is 5.24. The fourth-order valence-electron chi connectivity index (χ4n) is 3.31. The van der Waals surface area contributed by atoms with E-state index in [9.17, 15) is 19.7 Å². The van der Waals surface area contributed by atoms with E-state index in [1.807, 2.05) is 6.92 Å². The second kappa shape index (κ2) is 10.5. The molecule has 162 valence electrons. The molecule has 1 aromatic carbocycles. The van der Waals surface area contributed by atoms with Crippen molar-refractivity contribution in [1.82, 2.24) is 5.32 Å². The number of hydrogen-bond acceptors (Lipinski definition) is 8. The number of carbonyl (C=O) groups is 2. The van der Waals surface area contributed by atoms with Gasteiger partial charge in [0.25, 0.3) is 5.69 Å². The Balaban J connectivity index is 2.46. The van der Waals surface area contributed by atoms with Crippen LogP contribution in [0.2, 0.25) is 0 Å². The van der Waals surface area contributed by atoms with E-state index in [0.717, 1.165) is 6.42 Å². The molecule has 0 aromatic heterocycles. The minimum absolute atomic E-state index is 0.0491. The molecule has 1 heterocycles. The number of rotatable bonds is 9. The van der Waals surface area contributed by atoms with Gasteiger partial charge < -0.3 is 19.5 Å². The van der Waals surface area contributed by atoms with Gasteiger partial charge in [-0.2, -0.15) is 0 Å². The Hall–Kier alpha value is -3.20. The van der Waals surface area contributed by atoms with Crippen LogP contribution in [0.4, 0.5) is 5.69 Å². The van der Waals surface area contributed by atoms with Gasteiger partial charge in [0.2, 0.25) is 0 Å². The van der Waals surface area contributed by atoms with Gasteiger partial charge in [0.05, 0.1) is 35.7 Å². The Kier molecular flexibility index (Phi) is 8.11. The van der Waals surface area contributed by atoms with Crippen molar-refractivity contribution in [2.75, 3.05) is 26.9 Å². The molecule has 0 fully saturated rings. The van der Waals surface area contributed by atoms with Crippen LogP contribution < -0.4 is 5.32 Å². The number of hydrogen-bond donors (Lipinski definition) is 1. The molecular formula is C21H26N2O7. The monoisotopic (exact) mass is 418 g/mol. The van der Waals surface area contributed by atoms with E-state index in [4.69, 9.17) is 14.2 Å². The molecular weight excluding hydrogens is 392 g/mol. The van der Waals surface area contributed by atoms with Crippen molar-refractivity contribution in [2.45, 2.75) is 33.1 Å². The highest BCUT2D eigenvalue weighted by molar-refractivity contribution is 5.99. The summed E-state index contributed by atoms with van der Waals surface area (Å²) in [5.74, 6) is -2.14. The van der Waals surface area contributed by atoms with Gasteiger partial charge in [-0.25, -0.2) is 9.59 Å². The molecule has 2 rings (SSSR count). The van der Waals surface area contributed by atoms with Crippen LogP contribution in [0.25, 0.3) is 0 Å². The average Bonchev–Trinajstić information content (AvgIpc) is 2.72. The van der Waals surface area contributed by atoms with E-state index in [1.165, 1.54) is 25.3 Å². The summed E-state index contributed by atoms with van der Waals surface area (Å²) in [6.07, 6.45) is 0.851. The summed E-state index contributed by atoms with van der Waals surface area (Å²) < 4.78 is 15.6. The highest BCUT2D eigenvalue weighted by atomic mass is 16.6. The molecule has 30 heavy (non-hydrogen) atoms. The Morgan fingerprint density at radius 2 is 1.77 bits per heavy atom. The highest BCUT2D eigenvalue weighted by Gasteiger charge is 2.38. The summed E-state index contributed by atoms with van der Waals surface area (Å²) >= 11 is 0. The molecule has 0 spiro atoms. The molecule has 0 saturated heterocycles. The minimum Gasteiger partial charge on any atom is -0.466 e. The molecule has 0 saturated carbocycles. The molecule has 0 amide bonds. The number of nitro benzene ring substituents is 1. The first kappa shape index (κ1) is 23.1. The summed E-state index contributed by atoms with van der Waals surface area (Å²) in [5, 5.41) is 14.3. The first-order valence-electron chi connectivity index (χ1n) is 9.57. The molecule has 0 radical (unpaired) electrons. The fourth-order valence-corrected chi connectivity index (χ4v) is 3.31. The molecule has 9 heteroatoms. The molecule has 1 unspecified atom stereocenters. The van der Waals surface area contributed by atoms with Crippen molar-refractivity contribution in [3.05, 3.63) is 62.5 Å². The number of nitrogens with one attached hydrogen (secondary N) is 1. The van der Waals surface area contributed by atoms with Crippen LogP contribution in [0.5, 0.6) is 0 Å². The maximum absolute atomic E-state index is 12.9. The van der Waals surface area contributed by atoms with E-state index in [-0.39, 0.29) is 30.0 Å². The second-order valence-electron chi connectivity index (χ2n) is 6.73. The normalized spacial score (nSPS) is 16.2. The van der Waals surface area contributed by atoms with Crippen LogP contribution in [0, 0.1) is 10.1 Å². The molecule has 9 nitrogen and oxygen atoms in total. The Bertz CT molecular complexity index is 889. The van der Waals surface area contributed by atoms with Gasteiger partial charge in [0.15, 0.2) is 0 Å². The van der Waals surface area contributed by atoms with Gasteiger partial charge in [0.1, 0.15) is 6.61 Å². The quantitative estimate of drug-likeness (QED) is 0.281. The van der Waals surface area contributed by atoms with Gasteiger partial charge in [-0.05, 0) is 25.8 Å². The molecule has 1 atom stereocenters. The van der Waals surface area contributed by atoms with Crippen LogP contribution in [-0.4, -0.2) is 43.8 Å². The van der Waals surface area contributed by atoms with Crippen molar-refractivity contribution in [3.63, 3.8) is 0 Å². The molecule has 0 aliphatic carbocycles. The number of ether oxygens (including phenoxy) is 3. The van der Waals surface area contributed by atoms with Crippen molar-refractivity contribution in [2.24, 2.45) is 0 Å². The topological polar surface area (TPSA) is 117 Å². The SMILES string of the molecule is CCCOCCOC(=O)C1=C(C)NC(C)=C(C(=O)OC)C1c1cccc([N+](=O)[O-])c1. The Morgan fingerprint density at radius 1 is 1.10 bits per heavy atom. The zero-order valence-corrected chi connectivity index (χ0v) is 17.5. The number of esters is 2. The molecule has 0 bridgehead atoms. The van der Waals surface area contributed by atoms with E-state index >= 15 is 0 Å². The van der Waals surface area contributed by atoms with E-state index < -0.39 is 22.8 Å². The number of nitrogens with zero attached hydrogens (tertiary/aromatic N) is 1. The average molecular weight is 418 g/mol. The van der Waals surface area contributed by atoms with Crippen molar-refractivity contribution in [1.29, 1.82) is 0 Å². The number of nitro groups is 1. The number of dihydropyridines is 1. The lowest BCUT2D eigenvalue weighted by Crippen LogP contribution is -2.32. The Labute approximate surface area is 174 Å². The van der Waals surface area contributed by atoms with Crippen LogP contribution in [0.1, 0.15) is 38.7 Å². The van der Waals surface area contributed by atoms with Crippen LogP contribution in [0.15, 0.2) is 46.8 Å². The number of carbonyl (C=O) groups excluding carboxylic acids is 2. The van der Waals surface area contributed by atoms with Crippen molar-refractivity contribution >= 4 is 17.6 Å². The second-order valence-corrected chi connectivity index (χ2v) is 6.73. The standard InChI is InChI=1S/C21H26N2O7/c1-5-9-29-10-11-30-21(25)18-14(3)22-13(2)17(20(24)28-4)19(18)15-7-6-8-16(12-15)23(26)27/h6-8,12,19,22H,5,9-11H2,1-4H3. The van der Waals surface area contributed by atoms with E-state index in [2.05, 4.69) is 5.32 Å². The van der Waals surface area contributed by atoms with Gasteiger partial charge in [-0.15, -0.1) is 0 Å². The lowest BCUT2D eigenvalue weighted by atomic mass is 9.80. The van der Waals surface area contributed by atoms with Crippen LogP contribution in [-0.2, 0) is 23.8 Å². The molecule has 1 aliphatic heterocycles. The maximum atomic E-state index is 12.9. The van der Waals surface area contributed by atoms with Crippen molar-refractivity contribution in [3.8, 4) is 0 Å². The maximum Gasteiger partial charge on any atom is 0.336 e. The fraction of sp³-hybridized carbons (Fsp3) is 0.429. The third-order valence-corrected chi connectivity index (χ3v) is 4.61. The summed E-state index contributed by atoms with van der Waals surface area (Å²) in [5.41, 5.74) is 1.65. The molecule has 1 aromatic rings. The summed E-state index contributed by atoms with van der Waals surface area (Å²) in [6.45, 7) is 6.20. The first-order chi connectivity index (χ1) is 14.3. The van der Waals surface area contributed by atoms with E-state index in [0.29, 0.717) is 23.6 Å². The van der Waals surface area contributed by atoms with Gasteiger partial charge in [-0.3, -0.25) is 10.1 Å². The first-order valence-corrected chi connectivity index (χ1v) is 9.57. The smallest absolute Gasteiger partial charge is 0.336 e. The summed E-state index contributed by atoms with van der Waals surface area (Å²) in [7, 11) is 1.24. The highest BCUT2D eigenvalue weighted by Crippen LogP contribution is 2.40. The number of allylic oxidation sites excluding steroid dienone is 2. The zero-order chi connectivity index (χ0) is 22.3. The summed E-state index contributed by atoms with van der Waals surface area (Å²) in [4.78, 5) is 36.2. The van der Waals surface area contributed by atoms with Gasteiger partial charge in [0, 0.05) is 30.1 Å². The number of non-ortho nitro benzene ring substituents is 1. The third-order valence-electron chi connectivity index (χ3n) is 4.61. The lowest BCUT2D eigenvalue weighted by molar-refractivity contribution is -0.384. The predicted molar refractivity (Wildman–Crippen MR) is 108 cm³/mol. The predicted octanol–water partition coefficient (Wildman–Crippen LogP) is 2.97. The van der Waals surface area contributed by atoms with Gasteiger partial charge >= 0.3 is 11.9 Å². The molecule has 1 aliphatic rings. The van der Waals surface area contributed by atoms with E-state index in [1.54, 1.807) is 19.9 Å². The van der Waals surface area contributed by atoms with Crippen molar-refractivity contribution < 1.29 is 28.7 Å². The van der Waals surface area contributed by atoms with Crippen LogP contribution in [0.3, 0.4) is 0 Å². The zero-order valence-electron chi connectivity index (χ0n) is 17.5. The summed E-state index contributed by atoms with van der Waals surface area (Å²) in [6, 6.07) is 5.83. The number of benzene rings is 1. The minimum atomic E-state index is -0.873. The molecule has 1 N–H and O–H groups in total.